The number of fused-ring (bicyclic) bond motifs is 2. The van der Waals surface area contributed by atoms with Gasteiger partial charge in [0.15, 0.2) is 0 Å². The van der Waals surface area contributed by atoms with E-state index >= 15 is 0 Å². The van der Waals surface area contributed by atoms with E-state index in [1.807, 2.05) is 26.0 Å². The summed E-state index contributed by atoms with van der Waals surface area (Å²) in [4.78, 5) is 62.1. The van der Waals surface area contributed by atoms with Crippen LogP contribution < -0.4 is 5.32 Å². The summed E-state index contributed by atoms with van der Waals surface area (Å²) in [6, 6.07) is 6.44. The van der Waals surface area contributed by atoms with Gasteiger partial charge in [-0.25, -0.2) is 9.78 Å². The van der Waals surface area contributed by atoms with Gasteiger partial charge in [0.2, 0.25) is 17.7 Å². The highest BCUT2D eigenvalue weighted by Crippen LogP contribution is 2.63. The molecule has 2 saturated heterocycles. The third-order valence-electron chi connectivity index (χ3n) is 8.09. The molecule has 39 heavy (non-hydrogen) atoms. The van der Waals surface area contributed by atoms with Crippen LogP contribution in [0.15, 0.2) is 24.4 Å². The summed E-state index contributed by atoms with van der Waals surface area (Å²) in [6.07, 6.45) is 0.870. The predicted octanol–water partition coefficient (Wildman–Crippen LogP) is 3.37. The minimum Gasteiger partial charge on any atom is -0.465 e. The normalized spacial score (nSPS) is 22.9. The monoisotopic (exact) mass is 544 g/mol. The number of pyridine rings is 2. The summed E-state index contributed by atoms with van der Waals surface area (Å²) >= 11 is 1.39. The number of hydrogen-bond acceptors (Lipinski definition) is 8. The van der Waals surface area contributed by atoms with Crippen molar-refractivity contribution in [3.63, 3.8) is 0 Å². The molecule has 12 heteroatoms. The van der Waals surface area contributed by atoms with Gasteiger partial charge in [-0.3, -0.25) is 29.2 Å². The lowest BCUT2D eigenvalue weighted by molar-refractivity contribution is -0.143. The van der Waals surface area contributed by atoms with E-state index in [9.17, 15) is 29.5 Å². The van der Waals surface area contributed by atoms with Crippen molar-refractivity contribution in [2.45, 2.75) is 39.8 Å². The van der Waals surface area contributed by atoms with E-state index < -0.39 is 18.0 Å². The molecule has 3 unspecified atom stereocenters. The Hall–Kier alpha value is -4.37. The lowest BCUT2D eigenvalue weighted by Crippen LogP contribution is -2.56. The first-order valence-corrected chi connectivity index (χ1v) is 13.3. The van der Waals surface area contributed by atoms with Crippen molar-refractivity contribution in [1.29, 1.82) is 5.26 Å². The van der Waals surface area contributed by atoms with Gasteiger partial charge in [-0.1, -0.05) is 13.8 Å². The number of likely N-dealkylation sites (tertiary alicyclic amines) is 2. The van der Waals surface area contributed by atoms with Gasteiger partial charge in [-0.15, -0.1) is 11.3 Å². The second-order valence-electron chi connectivity index (χ2n) is 10.7. The number of carbonyl (C=O) groups excluding carboxylic acids is 3. The molecule has 2 N–H and O–H groups in total. The lowest BCUT2D eigenvalue weighted by atomic mass is 10.00. The molecule has 0 aromatic carbocycles. The molecule has 0 bridgehead atoms. The Morgan fingerprint density at radius 3 is 2.56 bits per heavy atom. The second-order valence-corrected chi connectivity index (χ2v) is 11.9. The number of anilines is 1. The van der Waals surface area contributed by atoms with Crippen LogP contribution in [-0.4, -0.2) is 61.3 Å². The van der Waals surface area contributed by atoms with Crippen LogP contribution in [0.2, 0.25) is 0 Å². The van der Waals surface area contributed by atoms with Crippen molar-refractivity contribution >= 4 is 51.1 Å². The van der Waals surface area contributed by atoms with Gasteiger partial charge in [0.05, 0.1) is 40.0 Å². The van der Waals surface area contributed by atoms with Gasteiger partial charge in [-0.05, 0) is 37.0 Å². The topological polar surface area (TPSA) is 157 Å². The highest BCUT2D eigenvalue weighted by atomic mass is 32.1. The first-order chi connectivity index (χ1) is 18.5. The molecule has 1 saturated carbocycles. The van der Waals surface area contributed by atoms with Gasteiger partial charge in [0.1, 0.15) is 17.8 Å². The summed E-state index contributed by atoms with van der Waals surface area (Å²) in [7, 11) is 0. The number of imide groups is 1. The van der Waals surface area contributed by atoms with E-state index in [0.717, 1.165) is 14.5 Å². The third kappa shape index (κ3) is 3.76. The highest BCUT2D eigenvalue weighted by molar-refractivity contribution is 7.19. The molecule has 3 fully saturated rings. The summed E-state index contributed by atoms with van der Waals surface area (Å²) in [5, 5.41) is 21.7. The fraction of sp³-hybridized carbons (Fsp3) is 0.370. The quantitative estimate of drug-likeness (QED) is 0.463. The Kier molecular flexibility index (Phi) is 5.48. The second kappa shape index (κ2) is 8.57. The molecule has 0 radical (unpaired) electrons. The maximum absolute atomic E-state index is 13.0. The number of hydrogen-bond donors (Lipinski definition) is 2. The fourth-order valence-electron chi connectivity index (χ4n) is 5.79. The van der Waals surface area contributed by atoms with E-state index in [1.54, 1.807) is 25.3 Å². The van der Waals surface area contributed by atoms with Crippen molar-refractivity contribution in [3.05, 3.63) is 40.7 Å². The Morgan fingerprint density at radius 2 is 1.95 bits per heavy atom. The van der Waals surface area contributed by atoms with Crippen LogP contribution in [0.25, 0.3) is 21.3 Å². The number of aromatic nitrogens is 2. The van der Waals surface area contributed by atoms with Crippen molar-refractivity contribution in [1.82, 2.24) is 19.8 Å². The molecule has 198 valence electrons. The van der Waals surface area contributed by atoms with E-state index in [-0.39, 0.29) is 47.8 Å². The van der Waals surface area contributed by atoms with E-state index in [2.05, 4.69) is 15.3 Å². The number of aryl methyl sites for hydroxylation is 1. The number of piperidine rings is 1. The zero-order chi connectivity index (χ0) is 27.8. The number of carboxylic acid groups (broad SMARTS) is 1. The summed E-state index contributed by atoms with van der Waals surface area (Å²) in [5.74, 6) is -1.25. The van der Waals surface area contributed by atoms with Crippen LogP contribution in [0.3, 0.4) is 0 Å². The highest BCUT2D eigenvalue weighted by Gasteiger charge is 2.72. The Bertz CT molecular complexity index is 1630. The minimum atomic E-state index is -1.16. The minimum absolute atomic E-state index is 0.138. The van der Waals surface area contributed by atoms with Crippen LogP contribution in [-0.2, 0) is 20.9 Å². The summed E-state index contributed by atoms with van der Waals surface area (Å²) < 4.78 is 0.762. The van der Waals surface area contributed by atoms with Gasteiger partial charge in [0, 0.05) is 28.7 Å². The number of rotatable bonds is 5. The van der Waals surface area contributed by atoms with Crippen LogP contribution >= 0.6 is 11.3 Å². The van der Waals surface area contributed by atoms with Gasteiger partial charge >= 0.3 is 6.09 Å². The molecule has 3 aromatic rings. The fourth-order valence-corrected chi connectivity index (χ4v) is 6.92. The van der Waals surface area contributed by atoms with Crippen LogP contribution in [0.1, 0.15) is 36.5 Å². The standard InChI is InChI=1S/C27H24N6O5S/c1-12-21(31-23(34)18-5-7-32(18)26(37)38)16(8-13(10-28)30-12)15-4-6-29-17-9-14(39-22(15)17)11-33-24(35)19-20(25(33)36)27(19,2)3/h4,6,8-9,18-20H,5,7,11H2,1-3H3,(H,31,34)(H,37,38). The third-order valence-corrected chi connectivity index (χ3v) is 9.23. The van der Waals surface area contributed by atoms with Crippen molar-refractivity contribution in [2.75, 3.05) is 11.9 Å². The number of nitrogens with zero attached hydrogens (tertiary/aromatic N) is 5. The van der Waals surface area contributed by atoms with E-state index in [0.29, 0.717) is 34.4 Å². The maximum atomic E-state index is 13.0. The van der Waals surface area contributed by atoms with Crippen LogP contribution in [0, 0.1) is 35.5 Å². The molecule has 3 atom stereocenters. The largest absolute Gasteiger partial charge is 0.465 e. The molecule has 0 spiro atoms. The molecule has 3 aliphatic rings. The summed E-state index contributed by atoms with van der Waals surface area (Å²) in [5.41, 5.74) is 2.57. The van der Waals surface area contributed by atoms with Crippen LogP contribution in [0.4, 0.5) is 10.5 Å². The van der Waals surface area contributed by atoms with Crippen molar-refractivity contribution < 1.29 is 24.3 Å². The predicted molar refractivity (Wildman–Crippen MR) is 140 cm³/mol. The molecule has 6 rings (SSSR count). The molecule has 5 heterocycles. The number of amides is 4. The molecule has 2 aliphatic heterocycles. The Morgan fingerprint density at radius 1 is 1.23 bits per heavy atom. The zero-order valence-electron chi connectivity index (χ0n) is 21.4. The summed E-state index contributed by atoms with van der Waals surface area (Å²) in [6.45, 7) is 6.01. The molecule has 11 nitrogen and oxygen atoms in total. The van der Waals surface area contributed by atoms with Gasteiger partial charge < -0.3 is 10.4 Å². The molecular formula is C27H24N6O5S. The SMILES string of the molecule is Cc1nc(C#N)cc(-c2ccnc3cc(CN4C(=O)C5C(C4=O)C5(C)C)sc23)c1NC(=O)C1CCN1C(=O)O. The average molecular weight is 545 g/mol. The Labute approximate surface area is 227 Å². The number of nitriles is 1. The maximum Gasteiger partial charge on any atom is 0.407 e. The van der Waals surface area contributed by atoms with Crippen molar-refractivity contribution in [2.24, 2.45) is 17.3 Å². The zero-order valence-corrected chi connectivity index (χ0v) is 22.2. The first kappa shape index (κ1) is 24.9. The average Bonchev–Trinajstić information content (AvgIpc) is 3.09. The lowest BCUT2D eigenvalue weighted by Gasteiger charge is -2.37. The smallest absolute Gasteiger partial charge is 0.407 e. The number of carbonyl (C=O) groups is 4. The van der Waals surface area contributed by atoms with E-state index in [4.69, 9.17) is 0 Å². The van der Waals surface area contributed by atoms with Crippen molar-refractivity contribution in [3.8, 4) is 17.2 Å². The first-order valence-electron chi connectivity index (χ1n) is 12.5. The van der Waals surface area contributed by atoms with Crippen LogP contribution in [0.5, 0.6) is 0 Å². The van der Waals surface area contributed by atoms with Gasteiger partial charge in [-0.2, -0.15) is 5.26 Å². The molecule has 4 amide bonds. The number of thiophene rings is 1. The number of nitrogens with one attached hydrogen (secondary N) is 1. The van der Waals surface area contributed by atoms with Gasteiger partial charge in [0.25, 0.3) is 0 Å². The molecule has 1 aliphatic carbocycles. The van der Waals surface area contributed by atoms with E-state index in [1.165, 1.54) is 16.2 Å². The Balaban J connectivity index is 1.36. The molecule has 3 aromatic heterocycles. The molecular weight excluding hydrogens is 520 g/mol.